The third-order valence-corrected chi connectivity index (χ3v) is 3.99. The third kappa shape index (κ3) is 4.13. The highest BCUT2D eigenvalue weighted by atomic mass is 32.1. The lowest BCUT2D eigenvalue weighted by Gasteiger charge is -2.06. The summed E-state index contributed by atoms with van der Waals surface area (Å²) >= 11 is 1.36. The molecule has 6 heteroatoms. The average Bonchev–Trinajstić information content (AvgIpc) is 2.76. The van der Waals surface area contributed by atoms with Crippen LogP contribution in [0.3, 0.4) is 0 Å². The molecule has 0 unspecified atom stereocenters. The number of thiazole rings is 1. The van der Waals surface area contributed by atoms with Crippen LogP contribution >= 0.6 is 11.3 Å². The summed E-state index contributed by atoms with van der Waals surface area (Å²) in [6.45, 7) is 3.67. The highest BCUT2D eigenvalue weighted by Crippen LogP contribution is 2.19. The summed E-state index contributed by atoms with van der Waals surface area (Å²) in [6.07, 6.45) is 0.516. The fraction of sp³-hybridized carbons (Fsp3) is 0.267. The predicted octanol–water partition coefficient (Wildman–Crippen LogP) is 3.03. The Bertz CT molecular complexity index is 679. The number of carboxylic acids is 1. The van der Waals surface area contributed by atoms with Gasteiger partial charge in [0.15, 0.2) is 0 Å². The molecule has 0 aliphatic carbocycles. The number of rotatable bonds is 5. The summed E-state index contributed by atoms with van der Waals surface area (Å²) in [5, 5.41) is 12.4. The van der Waals surface area contributed by atoms with Gasteiger partial charge in [-0.15, -0.1) is 11.3 Å². The number of carboxylic acid groups (broad SMARTS) is 1. The fourth-order valence-electron chi connectivity index (χ4n) is 1.99. The number of aryl methyl sites for hydroxylation is 3. The van der Waals surface area contributed by atoms with E-state index in [-0.39, 0.29) is 12.3 Å². The number of anilines is 1. The first-order chi connectivity index (χ1) is 9.95. The minimum Gasteiger partial charge on any atom is -0.481 e. The molecular formula is C15H16N2O3S. The van der Waals surface area contributed by atoms with Crippen LogP contribution in [0, 0.1) is 13.8 Å². The van der Waals surface area contributed by atoms with Crippen molar-refractivity contribution in [3.63, 3.8) is 0 Å². The largest absolute Gasteiger partial charge is 0.481 e. The molecule has 1 aromatic carbocycles. The standard InChI is InChI=1S/C15H16N2O3S/c1-9-14(21-10(2)16-9)15(20)17-12-5-3-4-11(8-12)6-7-13(18)19/h3-5,8H,6-7H2,1-2H3,(H,17,20)(H,18,19). The number of aliphatic carboxylic acids is 1. The van der Waals surface area contributed by atoms with Gasteiger partial charge in [0, 0.05) is 12.1 Å². The van der Waals surface area contributed by atoms with Crippen LogP contribution in [0.15, 0.2) is 24.3 Å². The fourth-order valence-corrected chi connectivity index (χ4v) is 2.80. The van der Waals surface area contributed by atoms with Crippen molar-refractivity contribution in [1.29, 1.82) is 0 Å². The Balaban J connectivity index is 2.09. The molecule has 0 spiro atoms. The number of benzene rings is 1. The van der Waals surface area contributed by atoms with Gasteiger partial charge in [0.25, 0.3) is 5.91 Å². The zero-order chi connectivity index (χ0) is 15.4. The van der Waals surface area contributed by atoms with Crippen molar-refractivity contribution in [3.05, 3.63) is 45.4 Å². The van der Waals surface area contributed by atoms with Crippen molar-refractivity contribution in [3.8, 4) is 0 Å². The lowest BCUT2D eigenvalue weighted by Crippen LogP contribution is -2.11. The molecule has 110 valence electrons. The number of nitrogens with zero attached hydrogens (tertiary/aromatic N) is 1. The van der Waals surface area contributed by atoms with Crippen LogP contribution in [0.25, 0.3) is 0 Å². The monoisotopic (exact) mass is 304 g/mol. The van der Waals surface area contributed by atoms with Gasteiger partial charge >= 0.3 is 5.97 Å². The molecule has 0 fully saturated rings. The zero-order valence-electron chi connectivity index (χ0n) is 11.8. The maximum atomic E-state index is 12.2. The molecular weight excluding hydrogens is 288 g/mol. The van der Waals surface area contributed by atoms with Crippen LogP contribution in [-0.4, -0.2) is 22.0 Å². The van der Waals surface area contributed by atoms with E-state index in [0.29, 0.717) is 17.0 Å². The van der Waals surface area contributed by atoms with Crippen LogP contribution in [-0.2, 0) is 11.2 Å². The van der Waals surface area contributed by atoms with Crippen molar-refractivity contribution in [2.75, 3.05) is 5.32 Å². The van der Waals surface area contributed by atoms with E-state index >= 15 is 0 Å². The predicted molar refractivity (Wildman–Crippen MR) is 81.9 cm³/mol. The SMILES string of the molecule is Cc1nc(C)c(C(=O)Nc2cccc(CCC(=O)O)c2)s1. The number of hydrogen-bond acceptors (Lipinski definition) is 4. The number of amides is 1. The minimum absolute atomic E-state index is 0.0740. The summed E-state index contributed by atoms with van der Waals surface area (Å²) in [7, 11) is 0. The molecule has 1 aromatic heterocycles. The van der Waals surface area contributed by atoms with E-state index in [1.165, 1.54) is 11.3 Å². The first-order valence-corrected chi connectivity index (χ1v) is 7.33. The van der Waals surface area contributed by atoms with E-state index in [2.05, 4.69) is 10.3 Å². The normalized spacial score (nSPS) is 10.4. The molecule has 21 heavy (non-hydrogen) atoms. The lowest BCUT2D eigenvalue weighted by molar-refractivity contribution is -0.136. The molecule has 0 aliphatic rings. The topological polar surface area (TPSA) is 79.3 Å². The van der Waals surface area contributed by atoms with E-state index in [1.807, 2.05) is 19.9 Å². The minimum atomic E-state index is -0.833. The molecule has 1 amide bonds. The Morgan fingerprint density at radius 3 is 2.71 bits per heavy atom. The van der Waals surface area contributed by atoms with E-state index < -0.39 is 5.97 Å². The van der Waals surface area contributed by atoms with Crippen molar-refractivity contribution in [2.24, 2.45) is 0 Å². The molecule has 0 aliphatic heterocycles. The van der Waals surface area contributed by atoms with Gasteiger partial charge in [0.05, 0.1) is 10.7 Å². The first kappa shape index (κ1) is 15.2. The Labute approximate surface area is 126 Å². The summed E-state index contributed by atoms with van der Waals surface area (Å²) in [5.41, 5.74) is 2.26. The second-order valence-corrected chi connectivity index (χ2v) is 5.90. The van der Waals surface area contributed by atoms with Gasteiger partial charge < -0.3 is 10.4 Å². The summed E-state index contributed by atoms with van der Waals surface area (Å²) in [5.74, 6) is -1.02. The van der Waals surface area contributed by atoms with Crippen LogP contribution in [0.2, 0.25) is 0 Å². The molecule has 2 N–H and O–H groups in total. The highest BCUT2D eigenvalue weighted by Gasteiger charge is 2.14. The van der Waals surface area contributed by atoms with Gasteiger partial charge in [0.2, 0.25) is 0 Å². The van der Waals surface area contributed by atoms with E-state index in [0.717, 1.165) is 16.3 Å². The zero-order valence-corrected chi connectivity index (χ0v) is 12.7. The Morgan fingerprint density at radius 2 is 2.10 bits per heavy atom. The quantitative estimate of drug-likeness (QED) is 0.890. The van der Waals surface area contributed by atoms with Crippen LogP contribution in [0.4, 0.5) is 5.69 Å². The van der Waals surface area contributed by atoms with Crippen LogP contribution in [0.5, 0.6) is 0 Å². The molecule has 5 nitrogen and oxygen atoms in total. The molecule has 2 rings (SSSR count). The van der Waals surface area contributed by atoms with Gasteiger partial charge in [-0.05, 0) is 38.0 Å². The van der Waals surface area contributed by atoms with Crippen LogP contribution < -0.4 is 5.32 Å². The smallest absolute Gasteiger partial charge is 0.303 e. The van der Waals surface area contributed by atoms with E-state index in [1.54, 1.807) is 18.2 Å². The number of carbonyl (C=O) groups excluding carboxylic acids is 1. The van der Waals surface area contributed by atoms with Crippen molar-refractivity contribution in [1.82, 2.24) is 4.98 Å². The number of hydrogen-bond donors (Lipinski definition) is 2. The number of aromatic nitrogens is 1. The van der Waals surface area contributed by atoms with Gasteiger partial charge in [0.1, 0.15) is 4.88 Å². The summed E-state index contributed by atoms with van der Waals surface area (Å²) < 4.78 is 0. The summed E-state index contributed by atoms with van der Waals surface area (Å²) in [6, 6.07) is 7.23. The van der Waals surface area contributed by atoms with Gasteiger partial charge in [-0.2, -0.15) is 0 Å². The lowest BCUT2D eigenvalue weighted by atomic mass is 10.1. The molecule has 0 atom stereocenters. The second kappa shape index (κ2) is 6.49. The highest BCUT2D eigenvalue weighted by molar-refractivity contribution is 7.13. The second-order valence-electron chi connectivity index (χ2n) is 4.70. The maximum Gasteiger partial charge on any atom is 0.303 e. The molecule has 0 saturated heterocycles. The van der Waals surface area contributed by atoms with E-state index in [4.69, 9.17) is 5.11 Å². The molecule has 0 bridgehead atoms. The Kier molecular flexibility index (Phi) is 4.70. The van der Waals surface area contributed by atoms with Crippen molar-refractivity contribution >= 4 is 28.9 Å². The summed E-state index contributed by atoms with van der Waals surface area (Å²) in [4.78, 5) is 27.6. The Morgan fingerprint density at radius 1 is 1.33 bits per heavy atom. The van der Waals surface area contributed by atoms with Gasteiger partial charge in [-0.3, -0.25) is 9.59 Å². The number of carbonyl (C=O) groups is 2. The van der Waals surface area contributed by atoms with Gasteiger partial charge in [-0.25, -0.2) is 4.98 Å². The van der Waals surface area contributed by atoms with E-state index in [9.17, 15) is 9.59 Å². The first-order valence-electron chi connectivity index (χ1n) is 6.52. The van der Waals surface area contributed by atoms with Crippen molar-refractivity contribution < 1.29 is 14.7 Å². The maximum absolute atomic E-state index is 12.2. The average molecular weight is 304 g/mol. The molecule has 1 heterocycles. The Hall–Kier alpha value is -2.21. The van der Waals surface area contributed by atoms with Gasteiger partial charge in [-0.1, -0.05) is 12.1 Å². The molecule has 0 radical (unpaired) electrons. The van der Waals surface area contributed by atoms with Crippen LogP contribution in [0.1, 0.15) is 32.4 Å². The number of nitrogens with one attached hydrogen (secondary N) is 1. The molecule has 2 aromatic rings. The third-order valence-electron chi connectivity index (χ3n) is 2.92. The van der Waals surface area contributed by atoms with Crippen molar-refractivity contribution in [2.45, 2.75) is 26.7 Å². The molecule has 0 saturated carbocycles.